The van der Waals surface area contributed by atoms with Gasteiger partial charge in [-0.2, -0.15) is 4.98 Å². The van der Waals surface area contributed by atoms with Gasteiger partial charge in [-0.15, -0.1) is 0 Å². The minimum Gasteiger partial charge on any atom is -0.388 e. The zero-order chi connectivity index (χ0) is 20.6. The number of anilines is 1. The van der Waals surface area contributed by atoms with E-state index in [4.69, 9.17) is 19.9 Å². The van der Waals surface area contributed by atoms with Gasteiger partial charge in [-0.05, 0) is 46.9 Å². The van der Waals surface area contributed by atoms with Gasteiger partial charge in [-0.3, -0.25) is 4.57 Å². The van der Waals surface area contributed by atoms with Crippen LogP contribution in [-0.4, -0.2) is 81.6 Å². The van der Waals surface area contributed by atoms with E-state index < -0.39 is 30.4 Å². The predicted octanol–water partition coefficient (Wildman–Crippen LogP) is -0.695. The number of aliphatic hydroxyl groups is 2. The Bertz CT molecular complexity index is 728. The lowest BCUT2D eigenvalue weighted by atomic mass is 9.96. The van der Waals surface area contributed by atoms with E-state index >= 15 is 0 Å². The molecule has 10 nitrogen and oxygen atoms in total. The second-order valence-electron chi connectivity index (χ2n) is 7.73. The van der Waals surface area contributed by atoms with Gasteiger partial charge in [0.15, 0.2) is 6.29 Å². The molecule has 0 bridgehead atoms. The molecule has 1 aromatic heterocycles. The molecule has 158 valence electrons. The lowest BCUT2D eigenvalue weighted by molar-refractivity contribution is -0.310. The van der Waals surface area contributed by atoms with E-state index in [1.54, 1.807) is 12.3 Å². The minimum atomic E-state index is -1.17. The molecule has 4 N–H and O–H groups in total. The summed E-state index contributed by atoms with van der Waals surface area (Å²) >= 11 is 0. The van der Waals surface area contributed by atoms with E-state index in [1.807, 2.05) is 32.8 Å². The van der Waals surface area contributed by atoms with Gasteiger partial charge < -0.3 is 35.1 Å². The van der Waals surface area contributed by atoms with Crippen LogP contribution in [0.5, 0.6) is 0 Å². The molecule has 10 heteroatoms. The summed E-state index contributed by atoms with van der Waals surface area (Å²) in [6.45, 7) is 3.68. The maximum absolute atomic E-state index is 12.0. The number of rotatable bonds is 4. The predicted molar refractivity (Wildman–Crippen MR) is 100 cm³/mol. The zero-order valence-electron chi connectivity index (χ0n) is 16.6. The third-order valence-electron chi connectivity index (χ3n) is 5.47. The normalized spacial score (nSPS) is 39.2. The summed E-state index contributed by atoms with van der Waals surface area (Å²) in [7, 11) is 3.65. The van der Waals surface area contributed by atoms with Crippen LogP contribution in [0.15, 0.2) is 17.1 Å². The summed E-state index contributed by atoms with van der Waals surface area (Å²) in [5, 5.41) is 20.9. The highest BCUT2D eigenvalue weighted by Crippen LogP contribution is 2.31. The number of nitrogens with two attached hydrogens (primary N) is 1. The molecule has 2 saturated heterocycles. The Labute approximate surface area is 163 Å². The largest absolute Gasteiger partial charge is 0.388 e. The Morgan fingerprint density at radius 3 is 2.54 bits per heavy atom. The Morgan fingerprint density at radius 2 is 1.93 bits per heavy atom. The van der Waals surface area contributed by atoms with Crippen LogP contribution in [0.2, 0.25) is 0 Å². The quantitative estimate of drug-likeness (QED) is 0.602. The fraction of sp³-hybridized carbons (Fsp3) is 0.778. The highest BCUT2D eigenvalue weighted by molar-refractivity contribution is 5.23. The number of ether oxygens (including phenoxy) is 3. The third kappa shape index (κ3) is 4.22. The molecule has 0 saturated carbocycles. The number of nitrogen functional groups attached to an aromatic ring is 1. The van der Waals surface area contributed by atoms with Crippen molar-refractivity contribution in [3.63, 3.8) is 0 Å². The van der Waals surface area contributed by atoms with E-state index in [1.165, 1.54) is 4.57 Å². The summed E-state index contributed by atoms with van der Waals surface area (Å²) in [6.07, 6.45) is -1.89. The fourth-order valence-electron chi connectivity index (χ4n) is 4.00. The molecule has 0 amide bonds. The summed E-state index contributed by atoms with van der Waals surface area (Å²) in [4.78, 5) is 17.6. The highest BCUT2D eigenvalue weighted by atomic mass is 16.7. The van der Waals surface area contributed by atoms with Crippen molar-refractivity contribution in [2.24, 2.45) is 0 Å². The van der Waals surface area contributed by atoms with Gasteiger partial charge in [-0.25, -0.2) is 4.79 Å². The molecule has 3 heterocycles. The van der Waals surface area contributed by atoms with Crippen LogP contribution in [0.25, 0.3) is 0 Å². The molecule has 8 unspecified atom stereocenters. The van der Waals surface area contributed by atoms with Crippen molar-refractivity contribution < 1.29 is 24.4 Å². The molecule has 2 fully saturated rings. The van der Waals surface area contributed by atoms with Gasteiger partial charge in [0, 0.05) is 6.20 Å². The second kappa shape index (κ2) is 8.44. The van der Waals surface area contributed by atoms with E-state index in [9.17, 15) is 15.0 Å². The first-order valence-corrected chi connectivity index (χ1v) is 9.52. The Morgan fingerprint density at radius 1 is 1.21 bits per heavy atom. The van der Waals surface area contributed by atoms with Crippen LogP contribution in [0.4, 0.5) is 5.82 Å². The van der Waals surface area contributed by atoms with Gasteiger partial charge >= 0.3 is 5.69 Å². The third-order valence-corrected chi connectivity index (χ3v) is 5.47. The molecule has 2 aliphatic rings. The smallest absolute Gasteiger partial charge is 0.351 e. The first kappa shape index (κ1) is 21.2. The number of hydrogen-bond donors (Lipinski definition) is 3. The molecule has 1 aromatic rings. The van der Waals surface area contributed by atoms with Crippen LogP contribution in [0, 0.1) is 0 Å². The summed E-state index contributed by atoms with van der Waals surface area (Å²) < 4.78 is 19.1. The number of hydrogen-bond acceptors (Lipinski definition) is 9. The molecule has 3 rings (SSSR count). The molecule has 0 aromatic carbocycles. The second-order valence-corrected chi connectivity index (χ2v) is 7.73. The minimum absolute atomic E-state index is 0.165. The number of aromatic nitrogens is 2. The van der Waals surface area contributed by atoms with Gasteiger partial charge in [-0.1, -0.05) is 0 Å². The maximum atomic E-state index is 12.0. The van der Waals surface area contributed by atoms with E-state index in [-0.39, 0.29) is 30.2 Å². The number of likely N-dealkylation sites (N-methyl/N-ethyl adjacent to an activating group) is 1. The van der Waals surface area contributed by atoms with Crippen molar-refractivity contribution in [3.05, 3.63) is 22.7 Å². The lowest BCUT2D eigenvalue weighted by Crippen LogP contribution is -2.62. The van der Waals surface area contributed by atoms with Crippen LogP contribution in [0.3, 0.4) is 0 Å². The standard InChI is InChI=1S/C18H30N4O6/c1-9-11(5-6-13(26-9)22-8-7-12(19)20-18(22)25)28-17-16(24)15(23)14(21(3)4)10(2)27-17/h7-11,13-17,23-24H,5-6H2,1-4H3,(H2,19,20,25). The lowest BCUT2D eigenvalue weighted by Gasteiger charge is -2.46. The van der Waals surface area contributed by atoms with E-state index in [0.29, 0.717) is 12.8 Å². The monoisotopic (exact) mass is 398 g/mol. The SMILES string of the molecule is CC1OC(n2ccc(N)nc2=O)CCC1OC1OC(C)C(N(C)C)C(O)C1O. The van der Waals surface area contributed by atoms with Gasteiger partial charge in [0.25, 0.3) is 0 Å². The van der Waals surface area contributed by atoms with Gasteiger partial charge in [0.05, 0.1) is 24.4 Å². The maximum Gasteiger partial charge on any atom is 0.351 e. The Kier molecular flexibility index (Phi) is 6.37. The van der Waals surface area contributed by atoms with E-state index in [0.717, 1.165) is 0 Å². The van der Waals surface area contributed by atoms with Crippen LogP contribution < -0.4 is 11.4 Å². The zero-order valence-corrected chi connectivity index (χ0v) is 16.6. The van der Waals surface area contributed by atoms with Crippen molar-refractivity contribution in [2.45, 2.75) is 75.8 Å². The number of aliphatic hydroxyl groups excluding tert-OH is 2. The Hall–Kier alpha value is -1.56. The first-order chi connectivity index (χ1) is 13.2. The topological polar surface area (TPSA) is 132 Å². The summed E-state index contributed by atoms with van der Waals surface area (Å²) in [5.41, 5.74) is 5.06. The molecular formula is C18H30N4O6. The van der Waals surface area contributed by atoms with Gasteiger partial charge in [0.2, 0.25) is 0 Å². The average molecular weight is 398 g/mol. The highest BCUT2D eigenvalue weighted by Gasteiger charge is 2.46. The van der Waals surface area contributed by atoms with Gasteiger partial charge in [0.1, 0.15) is 24.3 Å². The Balaban J connectivity index is 1.63. The first-order valence-electron chi connectivity index (χ1n) is 9.52. The summed E-state index contributed by atoms with van der Waals surface area (Å²) in [6, 6.07) is 1.22. The molecule has 0 aliphatic carbocycles. The van der Waals surface area contributed by atoms with Crippen molar-refractivity contribution in [2.75, 3.05) is 19.8 Å². The number of nitrogens with zero attached hydrogens (tertiary/aromatic N) is 3. The molecule has 8 atom stereocenters. The van der Waals surface area contributed by atoms with Crippen molar-refractivity contribution in [3.8, 4) is 0 Å². The molecule has 0 radical (unpaired) electrons. The van der Waals surface area contributed by atoms with Crippen molar-refractivity contribution >= 4 is 5.82 Å². The van der Waals surface area contributed by atoms with Crippen LogP contribution in [-0.2, 0) is 14.2 Å². The summed E-state index contributed by atoms with van der Waals surface area (Å²) in [5.74, 6) is 0.165. The molecule has 0 spiro atoms. The average Bonchev–Trinajstić information content (AvgIpc) is 2.61. The van der Waals surface area contributed by atoms with Crippen LogP contribution in [0.1, 0.15) is 32.9 Å². The molecule has 28 heavy (non-hydrogen) atoms. The molecule has 2 aliphatic heterocycles. The van der Waals surface area contributed by atoms with Crippen molar-refractivity contribution in [1.29, 1.82) is 0 Å². The van der Waals surface area contributed by atoms with E-state index in [2.05, 4.69) is 4.98 Å². The fourth-order valence-corrected chi connectivity index (χ4v) is 4.00. The van der Waals surface area contributed by atoms with Crippen molar-refractivity contribution in [1.82, 2.24) is 14.5 Å². The van der Waals surface area contributed by atoms with Crippen LogP contribution >= 0.6 is 0 Å². The molecular weight excluding hydrogens is 368 g/mol.